The van der Waals surface area contributed by atoms with Crippen LogP contribution in [-0.4, -0.2) is 43.6 Å². The topological polar surface area (TPSA) is 130 Å². The van der Waals surface area contributed by atoms with Crippen LogP contribution in [0.3, 0.4) is 0 Å². The molecule has 0 aliphatic carbocycles. The summed E-state index contributed by atoms with van der Waals surface area (Å²) >= 11 is 0. The average molecular weight is 328 g/mol. The molecule has 1 aromatic carbocycles. The van der Waals surface area contributed by atoms with Crippen LogP contribution >= 0.6 is 0 Å². The van der Waals surface area contributed by atoms with Gasteiger partial charge in [-0.25, -0.2) is 13.2 Å². The summed E-state index contributed by atoms with van der Waals surface area (Å²) < 4.78 is 23.1. The molecule has 0 fully saturated rings. The van der Waals surface area contributed by atoms with E-state index in [1.54, 1.807) is 0 Å². The number of benzene rings is 1. The van der Waals surface area contributed by atoms with Crippen LogP contribution in [0.4, 0.5) is 5.69 Å². The van der Waals surface area contributed by atoms with Gasteiger partial charge in [0.1, 0.15) is 6.04 Å². The molecule has 0 bridgehead atoms. The van der Waals surface area contributed by atoms with Crippen LogP contribution in [0.5, 0.6) is 0 Å². The first-order valence-corrected chi connectivity index (χ1v) is 8.06. The van der Waals surface area contributed by atoms with Crippen molar-refractivity contribution in [1.29, 1.82) is 0 Å². The number of amides is 2. The third kappa shape index (κ3) is 4.85. The van der Waals surface area contributed by atoms with Gasteiger partial charge in [-0.1, -0.05) is 0 Å². The van der Waals surface area contributed by atoms with Crippen LogP contribution < -0.4 is 10.6 Å². The number of hydrogen-bond donors (Lipinski definition) is 3. The molecule has 0 radical (unpaired) electrons. The molecular formula is C13H16N2O6S. The Morgan fingerprint density at radius 2 is 1.77 bits per heavy atom. The first-order valence-electron chi connectivity index (χ1n) is 6.17. The van der Waals surface area contributed by atoms with E-state index in [4.69, 9.17) is 5.11 Å². The van der Waals surface area contributed by atoms with Crippen molar-refractivity contribution >= 4 is 33.3 Å². The second kappa shape index (κ2) is 6.56. The van der Waals surface area contributed by atoms with Gasteiger partial charge in [-0.3, -0.25) is 9.59 Å². The van der Waals surface area contributed by atoms with Crippen LogP contribution in [0.15, 0.2) is 23.1 Å². The van der Waals surface area contributed by atoms with Crippen molar-refractivity contribution in [2.75, 3.05) is 11.6 Å². The monoisotopic (exact) mass is 328 g/mol. The van der Waals surface area contributed by atoms with Gasteiger partial charge in [0.25, 0.3) is 0 Å². The number of anilines is 1. The molecule has 0 aliphatic rings. The third-order valence-corrected chi connectivity index (χ3v) is 3.75. The minimum absolute atomic E-state index is 0.0162. The van der Waals surface area contributed by atoms with Gasteiger partial charge in [-0.15, -0.1) is 0 Å². The first-order chi connectivity index (χ1) is 10.0. The maximum Gasteiger partial charge on any atom is 0.335 e. The molecule has 1 atom stereocenters. The largest absolute Gasteiger partial charge is 0.478 e. The van der Waals surface area contributed by atoms with E-state index < -0.39 is 33.7 Å². The van der Waals surface area contributed by atoms with Gasteiger partial charge in [-0.05, 0) is 25.1 Å². The number of carboxylic acids is 1. The lowest BCUT2D eigenvalue weighted by Gasteiger charge is -2.14. The van der Waals surface area contributed by atoms with E-state index in [0.29, 0.717) is 0 Å². The van der Waals surface area contributed by atoms with E-state index >= 15 is 0 Å². The molecule has 0 spiro atoms. The summed E-state index contributed by atoms with van der Waals surface area (Å²) in [5, 5.41) is 13.7. The van der Waals surface area contributed by atoms with Crippen molar-refractivity contribution in [3.63, 3.8) is 0 Å². The Labute approximate surface area is 127 Å². The highest BCUT2D eigenvalue weighted by Gasteiger charge is 2.17. The Hall–Kier alpha value is -2.42. The lowest BCUT2D eigenvalue weighted by molar-refractivity contribution is -0.124. The summed E-state index contributed by atoms with van der Waals surface area (Å²) in [6.07, 6.45) is 0.930. The first kappa shape index (κ1) is 17.6. The number of carbonyl (C=O) groups excluding carboxylic acids is 2. The SMILES string of the molecule is CC(=O)NC(C)C(=O)Nc1cc(C(=O)O)cc(S(C)(=O)=O)c1. The quantitative estimate of drug-likeness (QED) is 0.710. The number of aromatic carboxylic acids is 1. The van der Waals surface area contributed by atoms with Gasteiger partial charge < -0.3 is 15.7 Å². The standard InChI is InChI=1S/C13H16N2O6S/c1-7(14-8(2)16)12(17)15-10-4-9(13(18)19)5-11(6-10)22(3,20)21/h4-7H,1-3H3,(H,14,16)(H,15,17)(H,18,19). The van der Waals surface area contributed by atoms with Gasteiger partial charge in [0.15, 0.2) is 9.84 Å². The fraction of sp³-hybridized carbons (Fsp3) is 0.308. The molecule has 22 heavy (non-hydrogen) atoms. The molecule has 1 rings (SSSR count). The van der Waals surface area contributed by atoms with Crippen LogP contribution in [0, 0.1) is 0 Å². The molecule has 1 aromatic rings. The molecule has 0 aromatic heterocycles. The maximum atomic E-state index is 11.9. The number of sulfone groups is 1. The van der Waals surface area contributed by atoms with Crippen LogP contribution in [-0.2, 0) is 19.4 Å². The highest BCUT2D eigenvalue weighted by molar-refractivity contribution is 7.90. The van der Waals surface area contributed by atoms with Crippen molar-refractivity contribution < 1.29 is 27.9 Å². The van der Waals surface area contributed by atoms with E-state index in [9.17, 15) is 22.8 Å². The number of hydrogen-bond acceptors (Lipinski definition) is 5. The van der Waals surface area contributed by atoms with Gasteiger partial charge >= 0.3 is 5.97 Å². The summed E-state index contributed by atoms with van der Waals surface area (Å²) in [6, 6.07) is 2.44. The smallest absolute Gasteiger partial charge is 0.335 e. The zero-order valence-electron chi connectivity index (χ0n) is 12.2. The zero-order chi connectivity index (χ0) is 17.1. The maximum absolute atomic E-state index is 11.9. The highest BCUT2D eigenvalue weighted by atomic mass is 32.2. The molecule has 0 saturated heterocycles. The van der Waals surface area contributed by atoms with Gasteiger partial charge in [0.2, 0.25) is 11.8 Å². The lowest BCUT2D eigenvalue weighted by Crippen LogP contribution is -2.40. The predicted molar refractivity (Wildman–Crippen MR) is 78.4 cm³/mol. The Bertz CT molecular complexity index is 726. The number of nitrogens with one attached hydrogen (secondary N) is 2. The molecule has 2 amide bonds. The Balaban J connectivity index is 3.14. The Morgan fingerprint density at radius 3 is 2.23 bits per heavy atom. The Kier molecular flexibility index (Phi) is 5.26. The lowest BCUT2D eigenvalue weighted by atomic mass is 10.2. The zero-order valence-corrected chi connectivity index (χ0v) is 13.0. The van der Waals surface area contributed by atoms with Crippen molar-refractivity contribution in [1.82, 2.24) is 5.32 Å². The average Bonchev–Trinajstić information content (AvgIpc) is 2.36. The molecule has 120 valence electrons. The number of rotatable bonds is 5. The van der Waals surface area contributed by atoms with Crippen molar-refractivity contribution in [3.8, 4) is 0 Å². The Morgan fingerprint density at radius 1 is 1.18 bits per heavy atom. The predicted octanol–water partition coefficient (Wildman–Crippen LogP) is 0.251. The molecule has 9 heteroatoms. The van der Waals surface area contributed by atoms with Gasteiger partial charge in [0, 0.05) is 18.9 Å². The molecule has 1 unspecified atom stereocenters. The van der Waals surface area contributed by atoms with E-state index in [0.717, 1.165) is 24.5 Å². The summed E-state index contributed by atoms with van der Waals surface area (Å²) in [5.41, 5.74) is -0.257. The van der Waals surface area contributed by atoms with Crippen molar-refractivity contribution in [2.45, 2.75) is 24.8 Å². The van der Waals surface area contributed by atoms with E-state index in [2.05, 4.69) is 10.6 Å². The molecule has 0 heterocycles. The van der Waals surface area contributed by atoms with Crippen LogP contribution in [0.2, 0.25) is 0 Å². The molecule has 0 aliphatic heterocycles. The third-order valence-electron chi connectivity index (χ3n) is 2.66. The summed E-state index contributed by atoms with van der Waals surface area (Å²) in [4.78, 5) is 33.6. The van der Waals surface area contributed by atoms with E-state index in [-0.39, 0.29) is 16.1 Å². The number of carbonyl (C=O) groups is 3. The second-order valence-electron chi connectivity index (χ2n) is 4.73. The minimum atomic E-state index is -3.64. The fourth-order valence-corrected chi connectivity index (χ4v) is 2.31. The molecule has 8 nitrogen and oxygen atoms in total. The van der Waals surface area contributed by atoms with Gasteiger partial charge in [-0.2, -0.15) is 0 Å². The van der Waals surface area contributed by atoms with Crippen molar-refractivity contribution in [2.24, 2.45) is 0 Å². The van der Waals surface area contributed by atoms with E-state index in [1.165, 1.54) is 13.8 Å². The fourth-order valence-electron chi connectivity index (χ4n) is 1.63. The molecular weight excluding hydrogens is 312 g/mol. The summed E-state index contributed by atoms with van der Waals surface area (Å²) in [5.74, 6) is -2.33. The van der Waals surface area contributed by atoms with E-state index in [1.807, 2.05) is 0 Å². The van der Waals surface area contributed by atoms with Gasteiger partial charge in [0.05, 0.1) is 10.5 Å². The molecule has 0 saturated carbocycles. The van der Waals surface area contributed by atoms with Crippen molar-refractivity contribution in [3.05, 3.63) is 23.8 Å². The second-order valence-corrected chi connectivity index (χ2v) is 6.75. The summed E-state index contributed by atoms with van der Waals surface area (Å²) in [6.45, 7) is 2.69. The number of carboxylic acid groups (broad SMARTS) is 1. The van der Waals surface area contributed by atoms with Crippen LogP contribution in [0.1, 0.15) is 24.2 Å². The normalized spacial score (nSPS) is 12.3. The molecule has 3 N–H and O–H groups in total. The van der Waals surface area contributed by atoms with Crippen LogP contribution in [0.25, 0.3) is 0 Å². The summed E-state index contributed by atoms with van der Waals surface area (Å²) in [7, 11) is -3.64. The minimum Gasteiger partial charge on any atom is -0.478 e. The highest BCUT2D eigenvalue weighted by Crippen LogP contribution is 2.19.